The lowest BCUT2D eigenvalue weighted by Gasteiger charge is -2.05. The second-order valence-electron chi connectivity index (χ2n) is 3.55. The maximum Gasteiger partial charge on any atom is 0.360 e. The molecule has 0 saturated carbocycles. The van der Waals surface area contributed by atoms with E-state index in [-0.39, 0.29) is 11.5 Å². The van der Waals surface area contributed by atoms with Gasteiger partial charge in [0.1, 0.15) is 12.1 Å². The van der Waals surface area contributed by atoms with Crippen molar-refractivity contribution >= 4 is 27.7 Å². The molecule has 0 atom stereocenters. The number of imidazole rings is 1. The summed E-state index contributed by atoms with van der Waals surface area (Å²) in [6, 6.07) is 7.52. The number of aromatic nitrogens is 2. The van der Waals surface area contributed by atoms with Gasteiger partial charge in [0.15, 0.2) is 5.69 Å². The second-order valence-corrected chi connectivity index (χ2v) is 4.46. The summed E-state index contributed by atoms with van der Waals surface area (Å²) in [5.74, 6) is -0.235. The van der Waals surface area contributed by atoms with E-state index in [1.54, 1.807) is 11.5 Å². The zero-order chi connectivity index (χ0) is 13.1. The van der Waals surface area contributed by atoms with E-state index in [9.17, 15) is 4.79 Å². The molecule has 18 heavy (non-hydrogen) atoms. The lowest BCUT2D eigenvalue weighted by atomic mass is 10.3. The van der Waals surface area contributed by atoms with E-state index in [0.717, 1.165) is 10.2 Å². The number of halogens is 1. The van der Waals surface area contributed by atoms with Crippen molar-refractivity contribution in [1.29, 1.82) is 0 Å². The fourth-order valence-electron chi connectivity index (χ4n) is 1.52. The lowest BCUT2D eigenvalue weighted by Crippen LogP contribution is -2.09. The first kappa shape index (κ1) is 12.6. The molecule has 0 aliphatic rings. The fraction of sp³-hybridized carbons (Fsp3) is 0.167. The van der Waals surface area contributed by atoms with Crippen LogP contribution in [-0.2, 0) is 4.74 Å². The summed E-state index contributed by atoms with van der Waals surface area (Å²) in [6.07, 6.45) is 1.50. The number of esters is 1. The van der Waals surface area contributed by atoms with E-state index >= 15 is 0 Å². The number of ether oxygens (including phenoxy) is 1. The Bertz CT molecular complexity index is 563. The van der Waals surface area contributed by atoms with Gasteiger partial charge < -0.3 is 10.5 Å². The first-order valence-corrected chi connectivity index (χ1v) is 6.18. The number of carbonyl (C=O) groups excluding carboxylic acids is 1. The number of benzene rings is 1. The molecule has 1 heterocycles. The van der Waals surface area contributed by atoms with Crippen molar-refractivity contribution in [3.8, 4) is 5.69 Å². The predicted molar refractivity (Wildman–Crippen MR) is 71.6 cm³/mol. The molecule has 94 valence electrons. The van der Waals surface area contributed by atoms with Crippen LogP contribution in [-0.4, -0.2) is 22.1 Å². The molecule has 1 aromatic heterocycles. The third-order valence-corrected chi connectivity index (χ3v) is 2.91. The van der Waals surface area contributed by atoms with Crippen molar-refractivity contribution in [2.45, 2.75) is 6.92 Å². The van der Waals surface area contributed by atoms with Crippen molar-refractivity contribution < 1.29 is 9.53 Å². The number of anilines is 1. The summed E-state index contributed by atoms with van der Waals surface area (Å²) in [5, 5.41) is 0. The van der Waals surface area contributed by atoms with Crippen LogP contribution in [0.15, 0.2) is 35.1 Å². The summed E-state index contributed by atoms with van der Waals surface area (Å²) < 4.78 is 7.48. The van der Waals surface area contributed by atoms with Gasteiger partial charge in [-0.3, -0.25) is 4.57 Å². The van der Waals surface area contributed by atoms with Crippen molar-refractivity contribution in [2.75, 3.05) is 12.3 Å². The van der Waals surface area contributed by atoms with Gasteiger partial charge in [-0.1, -0.05) is 15.9 Å². The molecule has 5 nitrogen and oxygen atoms in total. The number of nitrogens with two attached hydrogens (primary N) is 1. The predicted octanol–water partition coefficient (Wildman–Crippen LogP) is 2.39. The molecular formula is C12H12BrN3O2. The van der Waals surface area contributed by atoms with Crippen LogP contribution in [0.5, 0.6) is 0 Å². The van der Waals surface area contributed by atoms with Gasteiger partial charge in [-0.2, -0.15) is 0 Å². The Hall–Kier alpha value is -1.82. The summed E-state index contributed by atoms with van der Waals surface area (Å²) in [5.41, 5.74) is 6.86. The highest BCUT2D eigenvalue weighted by Crippen LogP contribution is 2.19. The molecule has 0 bridgehead atoms. The molecule has 1 aromatic carbocycles. The normalized spacial score (nSPS) is 10.3. The standard InChI is InChI=1S/C12H12BrN3O2/c1-2-18-12(17)10-11(14)16(7-15-10)9-5-3-8(13)4-6-9/h3-7H,2,14H2,1H3. The first-order chi connectivity index (χ1) is 8.63. The highest BCUT2D eigenvalue weighted by Gasteiger charge is 2.17. The van der Waals surface area contributed by atoms with Crippen molar-refractivity contribution in [2.24, 2.45) is 0 Å². The third kappa shape index (κ3) is 2.38. The van der Waals surface area contributed by atoms with E-state index < -0.39 is 5.97 Å². The quantitative estimate of drug-likeness (QED) is 0.884. The SMILES string of the molecule is CCOC(=O)c1ncn(-c2ccc(Br)cc2)c1N. The Labute approximate surface area is 113 Å². The van der Waals surface area contributed by atoms with Gasteiger partial charge in [-0.25, -0.2) is 9.78 Å². The van der Waals surface area contributed by atoms with Crippen LogP contribution in [0.2, 0.25) is 0 Å². The molecule has 2 N–H and O–H groups in total. The van der Waals surface area contributed by atoms with Crippen LogP contribution in [0.25, 0.3) is 5.69 Å². The van der Waals surface area contributed by atoms with Crippen molar-refractivity contribution in [3.05, 3.63) is 40.8 Å². The van der Waals surface area contributed by atoms with Crippen LogP contribution in [0.4, 0.5) is 5.82 Å². The zero-order valence-corrected chi connectivity index (χ0v) is 11.3. The van der Waals surface area contributed by atoms with Gasteiger partial charge in [0.2, 0.25) is 0 Å². The molecule has 0 spiro atoms. The van der Waals surface area contributed by atoms with E-state index in [1.807, 2.05) is 24.3 Å². The monoisotopic (exact) mass is 309 g/mol. The van der Waals surface area contributed by atoms with Crippen LogP contribution in [0, 0.1) is 0 Å². The Kier molecular flexibility index (Phi) is 3.66. The topological polar surface area (TPSA) is 70.1 Å². The van der Waals surface area contributed by atoms with Crippen LogP contribution in [0.1, 0.15) is 17.4 Å². The van der Waals surface area contributed by atoms with Crippen LogP contribution < -0.4 is 5.73 Å². The number of rotatable bonds is 3. The molecule has 6 heteroatoms. The van der Waals surface area contributed by atoms with Crippen LogP contribution >= 0.6 is 15.9 Å². The Balaban J connectivity index is 2.36. The molecule has 0 aliphatic heterocycles. The average molecular weight is 310 g/mol. The third-order valence-electron chi connectivity index (χ3n) is 2.38. The van der Waals surface area contributed by atoms with E-state index in [1.165, 1.54) is 6.33 Å². The molecule has 0 saturated heterocycles. The maximum absolute atomic E-state index is 11.6. The molecule has 2 rings (SSSR count). The summed E-state index contributed by atoms with van der Waals surface area (Å²) in [7, 11) is 0. The number of hydrogen-bond donors (Lipinski definition) is 1. The average Bonchev–Trinajstić information content (AvgIpc) is 2.73. The summed E-state index contributed by atoms with van der Waals surface area (Å²) >= 11 is 3.36. The Morgan fingerprint density at radius 3 is 2.72 bits per heavy atom. The van der Waals surface area contributed by atoms with E-state index in [2.05, 4.69) is 20.9 Å². The maximum atomic E-state index is 11.6. The molecule has 0 aliphatic carbocycles. The van der Waals surface area contributed by atoms with E-state index in [4.69, 9.17) is 10.5 Å². The number of carbonyl (C=O) groups is 1. The molecule has 0 fully saturated rings. The summed E-state index contributed by atoms with van der Waals surface area (Å²) in [4.78, 5) is 15.6. The first-order valence-electron chi connectivity index (χ1n) is 5.39. The van der Waals surface area contributed by atoms with E-state index in [0.29, 0.717) is 6.61 Å². The van der Waals surface area contributed by atoms with Gasteiger partial charge in [-0.15, -0.1) is 0 Å². The minimum atomic E-state index is -0.508. The Morgan fingerprint density at radius 1 is 1.44 bits per heavy atom. The molecule has 2 aromatic rings. The molecular weight excluding hydrogens is 298 g/mol. The zero-order valence-electron chi connectivity index (χ0n) is 9.76. The van der Waals surface area contributed by atoms with Gasteiger partial charge in [0.25, 0.3) is 0 Å². The number of nitrogen functional groups attached to an aromatic ring is 1. The fourth-order valence-corrected chi connectivity index (χ4v) is 1.79. The Morgan fingerprint density at radius 2 is 2.11 bits per heavy atom. The van der Waals surface area contributed by atoms with Gasteiger partial charge in [0, 0.05) is 10.2 Å². The van der Waals surface area contributed by atoms with Gasteiger partial charge >= 0.3 is 5.97 Å². The molecule has 0 radical (unpaired) electrons. The molecule has 0 unspecified atom stereocenters. The minimum Gasteiger partial charge on any atom is -0.461 e. The summed E-state index contributed by atoms with van der Waals surface area (Å²) in [6.45, 7) is 2.03. The number of nitrogens with zero attached hydrogens (tertiary/aromatic N) is 2. The minimum absolute atomic E-state index is 0.139. The smallest absolute Gasteiger partial charge is 0.360 e. The highest BCUT2D eigenvalue weighted by atomic mass is 79.9. The van der Waals surface area contributed by atoms with Gasteiger partial charge in [-0.05, 0) is 31.2 Å². The highest BCUT2D eigenvalue weighted by molar-refractivity contribution is 9.10. The molecule has 0 amide bonds. The largest absolute Gasteiger partial charge is 0.461 e. The van der Waals surface area contributed by atoms with Crippen molar-refractivity contribution in [1.82, 2.24) is 9.55 Å². The number of hydrogen-bond acceptors (Lipinski definition) is 4. The second kappa shape index (κ2) is 5.22. The van der Waals surface area contributed by atoms with Gasteiger partial charge in [0.05, 0.1) is 6.61 Å². The van der Waals surface area contributed by atoms with Crippen molar-refractivity contribution in [3.63, 3.8) is 0 Å². The lowest BCUT2D eigenvalue weighted by molar-refractivity contribution is 0.0521. The van der Waals surface area contributed by atoms with Crippen LogP contribution in [0.3, 0.4) is 0 Å².